The number of aromatic nitrogens is 2. The fourth-order valence-corrected chi connectivity index (χ4v) is 2.89. The Kier molecular flexibility index (Phi) is 4.85. The van der Waals surface area contributed by atoms with Crippen LogP contribution in [0, 0.1) is 0 Å². The van der Waals surface area contributed by atoms with Crippen LogP contribution in [0.4, 0.5) is 0 Å². The first-order valence-corrected chi connectivity index (χ1v) is 8.32. The van der Waals surface area contributed by atoms with Crippen LogP contribution in [-0.4, -0.2) is 51.0 Å². The summed E-state index contributed by atoms with van der Waals surface area (Å²) in [5, 5.41) is 14.9. The van der Waals surface area contributed by atoms with Gasteiger partial charge in [-0.3, -0.25) is 9.48 Å². The molecule has 0 radical (unpaired) electrons. The zero-order chi connectivity index (χ0) is 17.0. The van der Waals surface area contributed by atoms with E-state index in [0.717, 1.165) is 18.7 Å². The number of rotatable bonds is 6. The second kappa shape index (κ2) is 7.05. The van der Waals surface area contributed by atoms with Crippen molar-refractivity contribution in [2.24, 2.45) is 0 Å². The Hall–Kier alpha value is -2.34. The normalized spacial score (nSPS) is 20.3. The fraction of sp³-hybridized carbons (Fsp3) is 0.444. The molecule has 6 nitrogen and oxygen atoms in total. The Balaban J connectivity index is 1.58. The minimum Gasteiger partial charge on any atom is -0.491 e. The van der Waals surface area contributed by atoms with E-state index in [1.165, 1.54) is 0 Å². The van der Waals surface area contributed by atoms with E-state index in [-0.39, 0.29) is 19.1 Å². The summed E-state index contributed by atoms with van der Waals surface area (Å²) >= 11 is 0. The fourth-order valence-electron chi connectivity index (χ4n) is 2.89. The second-order valence-electron chi connectivity index (χ2n) is 6.29. The van der Waals surface area contributed by atoms with Crippen LogP contribution in [0.2, 0.25) is 0 Å². The maximum atomic E-state index is 12.5. The topological polar surface area (TPSA) is 67.6 Å². The molecule has 2 heterocycles. The molecule has 128 valence electrons. The van der Waals surface area contributed by atoms with Crippen molar-refractivity contribution in [3.63, 3.8) is 0 Å². The van der Waals surface area contributed by atoms with E-state index in [9.17, 15) is 9.90 Å². The second-order valence-corrected chi connectivity index (χ2v) is 6.29. The molecule has 1 aliphatic heterocycles. The molecular formula is C18H23N3O3. The third-order valence-corrected chi connectivity index (χ3v) is 4.20. The highest BCUT2D eigenvalue weighted by Crippen LogP contribution is 2.24. The Bertz CT molecular complexity index is 686. The van der Waals surface area contributed by atoms with Crippen molar-refractivity contribution in [2.75, 3.05) is 19.7 Å². The van der Waals surface area contributed by atoms with Crippen LogP contribution in [0.5, 0.6) is 5.75 Å². The number of hydrogen-bond acceptors (Lipinski definition) is 4. The minimum absolute atomic E-state index is 0.0898. The van der Waals surface area contributed by atoms with Crippen LogP contribution in [0.3, 0.4) is 0 Å². The lowest BCUT2D eigenvalue weighted by Gasteiger charge is -2.23. The number of benzene rings is 1. The molecule has 2 aromatic rings. The van der Waals surface area contributed by atoms with Crippen LogP contribution < -0.4 is 4.74 Å². The van der Waals surface area contributed by atoms with Gasteiger partial charge in [0.2, 0.25) is 0 Å². The standard InChI is InChI=1S/C18H23N3O3/c1-2-9-21-12-15(11-19-21)17(22)20-10-8-18(23,13-20)14-24-16-6-4-3-5-7-16/h3-7,11-12,23H,2,8-10,13-14H2,1H3/t18-/m0/s1. The molecule has 0 unspecified atom stereocenters. The molecule has 0 spiro atoms. The lowest BCUT2D eigenvalue weighted by molar-refractivity contribution is 0.00431. The first-order chi connectivity index (χ1) is 11.6. The molecule has 1 aromatic heterocycles. The van der Waals surface area contributed by atoms with Crippen molar-refractivity contribution in [1.29, 1.82) is 0 Å². The van der Waals surface area contributed by atoms with Gasteiger partial charge in [-0.2, -0.15) is 5.10 Å². The van der Waals surface area contributed by atoms with E-state index in [1.807, 2.05) is 30.3 Å². The number of para-hydroxylation sites is 1. The summed E-state index contributed by atoms with van der Waals surface area (Å²) in [4.78, 5) is 14.2. The van der Waals surface area contributed by atoms with Gasteiger partial charge in [-0.1, -0.05) is 25.1 Å². The Labute approximate surface area is 141 Å². The number of carbonyl (C=O) groups excluding carboxylic acids is 1. The molecule has 1 aromatic carbocycles. The molecule has 6 heteroatoms. The molecule has 1 amide bonds. The molecule has 1 N–H and O–H groups in total. The zero-order valence-electron chi connectivity index (χ0n) is 13.9. The zero-order valence-corrected chi connectivity index (χ0v) is 13.9. The van der Waals surface area contributed by atoms with Crippen molar-refractivity contribution < 1.29 is 14.6 Å². The number of likely N-dealkylation sites (tertiary alicyclic amines) is 1. The van der Waals surface area contributed by atoms with E-state index in [4.69, 9.17) is 4.74 Å². The number of carbonyl (C=O) groups is 1. The number of aliphatic hydroxyl groups is 1. The van der Waals surface area contributed by atoms with Gasteiger partial charge in [-0.15, -0.1) is 0 Å². The molecule has 1 fully saturated rings. The van der Waals surface area contributed by atoms with E-state index in [0.29, 0.717) is 18.5 Å². The average molecular weight is 329 g/mol. The van der Waals surface area contributed by atoms with Gasteiger partial charge in [0.05, 0.1) is 18.3 Å². The number of aryl methyl sites for hydroxylation is 1. The third-order valence-electron chi connectivity index (χ3n) is 4.20. The highest BCUT2D eigenvalue weighted by Gasteiger charge is 2.39. The van der Waals surface area contributed by atoms with Gasteiger partial charge in [0.25, 0.3) is 5.91 Å². The minimum atomic E-state index is -1.01. The molecule has 1 saturated heterocycles. The maximum Gasteiger partial charge on any atom is 0.257 e. The largest absolute Gasteiger partial charge is 0.491 e. The van der Waals surface area contributed by atoms with Crippen LogP contribution >= 0.6 is 0 Å². The Morgan fingerprint density at radius 3 is 2.92 bits per heavy atom. The van der Waals surface area contributed by atoms with Crippen LogP contribution in [0.15, 0.2) is 42.7 Å². The number of β-amino-alcohol motifs (C(OH)–C–C–N with tert-alkyl or cyclic N) is 1. The van der Waals surface area contributed by atoms with Gasteiger partial charge in [0, 0.05) is 19.3 Å². The molecule has 24 heavy (non-hydrogen) atoms. The Morgan fingerprint density at radius 1 is 1.38 bits per heavy atom. The summed E-state index contributed by atoms with van der Waals surface area (Å²) in [7, 11) is 0. The highest BCUT2D eigenvalue weighted by molar-refractivity contribution is 5.94. The van der Waals surface area contributed by atoms with E-state index in [1.54, 1.807) is 22.0 Å². The van der Waals surface area contributed by atoms with Gasteiger partial charge in [0.15, 0.2) is 0 Å². The number of nitrogens with zero attached hydrogens (tertiary/aromatic N) is 3. The lowest BCUT2D eigenvalue weighted by atomic mass is 10.1. The van der Waals surface area contributed by atoms with Crippen molar-refractivity contribution >= 4 is 5.91 Å². The molecule has 3 rings (SSSR count). The maximum absolute atomic E-state index is 12.5. The molecule has 0 bridgehead atoms. The highest BCUT2D eigenvalue weighted by atomic mass is 16.5. The molecular weight excluding hydrogens is 306 g/mol. The molecule has 1 aliphatic rings. The summed E-state index contributed by atoms with van der Waals surface area (Å²) in [6.07, 6.45) is 4.84. The predicted octanol–water partition coefficient (Wildman–Crippen LogP) is 1.95. The van der Waals surface area contributed by atoms with E-state index < -0.39 is 5.60 Å². The van der Waals surface area contributed by atoms with Crippen molar-refractivity contribution in [3.8, 4) is 5.75 Å². The SMILES string of the molecule is CCCn1cc(C(=O)N2CC[C@@](O)(COc3ccccc3)C2)cn1. The number of hydrogen-bond donors (Lipinski definition) is 1. The summed E-state index contributed by atoms with van der Waals surface area (Å²) in [5.74, 6) is 0.629. The number of ether oxygens (including phenoxy) is 1. The van der Waals surface area contributed by atoms with Gasteiger partial charge in [0.1, 0.15) is 18.0 Å². The van der Waals surface area contributed by atoms with Gasteiger partial charge in [-0.05, 0) is 25.0 Å². The molecule has 1 atom stereocenters. The predicted molar refractivity (Wildman–Crippen MR) is 89.9 cm³/mol. The van der Waals surface area contributed by atoms with E-state index in [2.05, 4.69) is 12.0 Å². The third kappa shape index (κ3) is 3.76. The smallest absolute Gasteiger partial charge is 0.257 e. The first kappa shape index (κ1) is 16.5. The average Bonchev–Trinajstić information content (AvgIpc) is 3.21. The van der Waals surface area contributed by atoms with Crippen molar-refractivity contribution in [1.82, 2.24) is 14.7 Å². The monoisotopic (exact) mass is 329 g/mol. The van der Waals surface area contributed by atoms with Crippen molar-refractivity contribution in [3.05, 3.63) is 48.3 Å². The number of amides is 1. The summed E-state index contributed by atoms with van der Waals surface area (Å²) < 4.78 is 7.43. The van der Waals surface area contributed by atoms with Gasteiger partial charge >= 0.3 is 0 Å². The summed E-state index contributed by atoms with van der Waals surface area (Å²) in [6.45, 7) is 3.83. The lowest BCUT2D eigenvalue weighted by Crippen LogP contribution is -2.40. The van der Waals surface area contributed by atoms with Gasteiger partial charge in [-0.25, -0.2) is 0 Å². The summed E-state index contributed by atoms with van der Waals surface area (Å²) in [5.41, 5.74) is -0.443. The van der Waals surface area contributed by atoms with Crippen LogP contribution in [-0.2, 0) is 6.54 Å². The Morgan fingerprint density at radius 2 is 2.17 bits per heavy atom. The van der Waals surface area contributed by atoms with Crippen LogP contribution in [0.25, 0.3) is 0 Å². The summed E-state index contributed by atoms with van der Waals surface area (Å²) in [6, 6.07) is 9.39. The first-order valence-electron chi connectivity index (χ1n) is 8.32. The van der Waals surface area contributed by atoms with Gasteiger partial charge < -0.3 is 14.7 Å². The molecule has 0 saturated carbocycles. The van der Waals surface area contributed by atoms with Crippen LogP contribution in [0.1, 0.15) is 30.1 Å². The van der Waals surface area contributed by atoms with Crippen molar-refractivity contribution in [2.45, 2.75) is 31.9 Å². The molecule has 0 aliphatic carbocycles. The quantitative estimate of drug-likeness (QED) is 0.879. The van der Waals surface area contributed by atoms with E-state index >= 15 is 0 Å².